The number of aliphatic imine (C=N–C) groups is 1. The highest BCUT2D eigenvalue weighted by atomic mass is 16.5. The Morgan fingerprint density at radius 1 is 0.911 bits per heavy atom. The van der Waals surface area contributed by atoms with Crippen LogP contribution < -0.4 is 5.32 Å². The van der Waals surface area contributed by atoms with Crippen LogP contribution in [0.3, 0.4) is 0 Å². The normalized spacial score (nSPS) is 23.8. The summed E-state index contributed by atoms with van der Waals surface area (Å²) < 4.78 is 10.3. The number of nitrogens with one attached hydrogen (secondary N) is 2. The number of ether oxygens (including phenoxy) is 2. The van der Waals surface area contributed by atoms with Gasteiger partial charge in [0.25, 0.3) is 0 Å². The van der Waals surface area contributed by atoms with Gasteiger partial charge in [0.2, 0.25) is 11.8 Å². The van der Waals surface area contributed by atoms with Gasteiger partial charge >= 0.3 is 5.97 Å². The number of carbonyl (C=O) groups excluding carboxylic acids is 3. The number of hydrogen-bond donors (Lipinski definition) is 2. The Morgan fingerprint density at radius 2 is 1.64 bits per heavy atom. The number of H-pyrrole nitrogens is 1. The standard InChI is InChI=1S/C44H49N7O5/c1-26(55-2)35(21-39(52)56-3)44(54)51-18-4-5-38(51)42-48-25-37(50-42)30-12-10-28(11-13-30)27-6-8-29(9-7-27)33-20-36(47-22-33)40-31-14-15-32(19-31)41(40)43(53)49-24-34-23-45-16-17-46-34/h6-13,16-17,22-23,25-26,31-32,35,38,40-41H,4-5,14-15,18-21,24H2,1-3H3,(H,48,50)(H,49,53)/t26-,31?,32?,35+,38+,40-,41+/m1/s1. The summed E-state index contributed by atoms with van der Waals surface area (Å²) >= 11 is 0. The van der Waals surface area contributed by atoms with Crippen molar-refractivity contribution in [2.45, 2.75) is 70.6 Å². The highest BCUT2D eigenvalue weighted by molar-refractivity contribution is 6.02. The van der Waals surface area contributed by atoms with E-state index in [-0.39, 0.29) is 36.1 Å². The Balaban J connectivity index is 0.889. The van der Waals surface area contributed by atoms with Crippen molar-refractivity contribution < 1.29 is 23.9 Å². The SMILES string of the molecule is COC(=O)C[C@H](C(=O)N1CCC[C@H]1c1ncc(-c2ccc(-c3ccc(C4=CN=C([C@H]5C6CCC(C6)[C@@H]5C(=O)NCc5cnccn5)C4)cc3)cc2)[nH]1)[C@@H](C)OC. The molecule has 4 aliphatic rings. The predicted octanol–water partition coefficient (Wildman–Crippen LogP) is 6.58. The quantitative estimate of drug-likeness (QED) is 0.145. The highest BCUT2D eigenvalue weighted by Gasteiger charge is 2.52. The number of aromatic nitrogens is 4. The average molecular weight is 756 g/mol. The lowest BCUT2D eigenvalue weighted by Gasteiger charge is -2.30. The summed E-state index contributed by atoms with van der Waals surface area (Å²) in [5, 5.41) is 3.14. The van der Waals surface area contributed by atoms with E-state index < -0.39 is 18.0 Å². The number of allylic oxidation sites excluding steroid dienone is 1. The van der Waals surface area contributed by atoms with Crippen molar-refractivity contribution in [1.29, 1.82) is 0 Å². The molecule has 12 nitrogen and oxygen atoms in total. The molecule has 8 rings (SSSR count). The Bertz CT molecular complexity index is 2110. The van der Waals surface area contributed by atoms with Crippen LogP contribution in [0, 0.1) is 29.6 Å². The molecule has 0 spiro atoms. The molecule has 4 heterocycles. The van der Waals surface area contributed by atoms with E-state index in [1.807, 2.05) is 17.3 Å². The molecule has 2 unspecified atom stereocenters. The van der Waals surface area contributed by atoms with E-state index in [1.165, 1.54) is 19.1 Å². The largest absolute Gasteiger partial charge is 0.469 e. The molecule has 3 fully saturated rings. The van der Waals surface area contributed by atoms with Crippen LogP contribution >= 0.6 is 0 Å². The second kappa shape index (κ2) is 16.3. The van der Waals surface area contributed by atoms with Crippen molar-refractivity contribution in [2.75, 3.05) is 20.8 Å². The molecule has 2 saturated carbocycles. The second-order valence-corrected chi connectivity index (χ2v) is 15.6. The van der Waals surface area contributed by atoms with Crippen molar-refractivity contribution >= 4 is 29.1 Å². The number of benzene rings is 2. The summed E-state index contributed by atoms with van der Waals surface area (Å²) in [7, 11) is 2.88. The van der Waals surface area contributed by atoms with Gasteiger partial charge in [0.05, 0.1) is 61.9 Å². The van der Waals surface area contributed by atoms with Gasteiger partial charge in [0.1, 0.15) is 5.82 Å². The first-order valence-corrected chi connectivity index (χ1v) is 19.8. The molecule has 2 aliphatic heterocycles. The summed E-state index contributed by atoms with van der Waals surface area (Å²) in [4.78, 5) is 62.7. The molecule has 2 aromatic carbocycles. The Labute approximate surface area is 327 Å². The van der Waals surface area contributed by atoms with E-state index in [0.29, 0.717) is 24.9 Å². The van der Waals surface area contributed by atoms with E-state index in [4.69, 9.17) is 19.5 Å². The van der Waals surface area contributed by atoms with Crippen molar-refractivity contribution in [3.05, 3.63) is 96.6 Å². The monoisotopic (exact) mass is 755 g/mol. The number of hydrogen-bond acceptors (Lipinski definition) is 9. The van der Waals surface area contributed by atoms with Gasteiger partial charge < -0.3 is 24.7 Å². The lowest BCUT2D eigenvalue weighted by atomic mass is 9.75. The highest BCUT2D eigenvalue weighted by Crippen LogP contribution is 2.54. The molecule has 1 saturated heterocycles. The van der Waals surface area contributed by atoms with Crippen LogP contribution in [0.1, 0.15) is 75.0 Å². The molecule has 2 aliphatic carbocycles. The van der Waals surface area contributed by atoms with Crippen molar-refractivity contribution in [3.8, 4) is 22.4 Å². The molecule has 0 radical (unpaired) electrons. The van der Waals surface area contributed by atoms with Gasteiger partial charge in [0, 0.05) is 56.2 Å². The van der Waals surface area contributed by atoms with Crippen LogP contribution in [0.2, 0.25) is 0 Å². The molecule has 290 valence electrons. The number of likely N-dealkylation sites (tertiary alicyclic amines) is 1. The number of amides is 2. The molecule has 4 aromatic rings. The third kappa shape index (κ3) is 7.54. The fourth-order valence-corrected chi connectivity index (χ4v) is 9.47. The first kappa shape index (κ1) is 37.4. The number of rotatable bonds is 13. The zero-order valence-electron chi connectivity index (χ0n) is 32.2. The smallest absolute Gasteiger partial charge is 0.306 e. The number of imidazole rings is 1. The minimum atomic E-state index is -0.633. The van der Waals surface area contributed by atoms with Gasteiger partial charge in [-0.15, -0.1) is 0 Å². The van der Waals surface area contributed by atoms with Gasteiger partial charge in [-0.3, -0.25) is 29.3 Å². The molecule has 2 aromatic heterocycles. The topological polar surface area (TPSA) is 152 Å². The summed E-state index contributed by atoms with van der Waals surface area (Å²) in [6.07, 6.45) is 14.1. The molecule has 56 heavy (non-hydrogen) atoms. The molecule has 7 atom stereocenters. The lowest BCUT2D eigenvalue weighted by Crippen LogP contribution is -2.41. The minimum Gasteiger partial charge on any atom is -0.469 e. The van der Waals surface area contributed by atoms with Crippen LogP contribution in [-0.2, 0) is 30.4 Å². The number of nitrogens with zero attached hydrogens (tertiary/aromatic N) is 5. The fraction of sp³-hybridized carbons (Fsp3) is 0.432. The lowest BCUT2D eigenvalue weighted by molar-refractivity contribution is -0.151. The van der Waals surface area contributed by atoms with Gasteiger partial charge in [-0.1, -0.05) is 48.5 Å². The van der Waals surface area contributed by atoms with Gasteiger partial charge in [0.15, 0.2) is 0 Å². The van der Waals surface area contributed by atoms with Crippen LogP contribution in [0.15, 0.2) is 84.5 Å². The van der Waals surface area contributed by atoms with Gasteiger partial charge in [-0.05, 0) is 78.7 Å². The number of carbonyl (C=O) groups is 3. The van der Waals surface area contributed by atoms with Crippen LogP contribution in [-0.4, -0.2) is 75.2 Å². The molecule has 2 N–H and O–H groups in total. The third-order valence-electron chi connectivity index (χ3n) is 12.5. The van der Waals surface area contributed by atoms with Crippen molar-refractivity contribution in [2.24, 2.45) is 34.6 Å². The average Bonchev–Trinajstić information content (AvgIpc) is 4.10. The Kier molecular flexibility index (Phi) is 10.9. The van der Waals surface area contributed by atoms with E-state index in [2.05, 4.69) is 68.8 Å². The molecule has 2 bridgehead atoms. The second-order valence-electron chi connectivity index (χ2n) is 15.6. The van der Waals surface area contributed by atoms with Crippen LogP contribution in [0.25, 0.3) is 28.0 Å². The molecular formula is C44H49N7O5. The number of methoxy groups -OCH3 is 2. The molecular weight excluding hydrogens is 707 g/mol. The maximum absolute atomic E-state index is 13.7. The van der Waals surface area contributed by atoms with Crippen molar-refractivity contribution in [3.63, 3.8) is 0 Å². The van der Waals surface area contributed by atoms with Crippen LogP contribution in [0.4, 0.5) is 0 Å². The summed E-state index contributed by atoms with van der Waals surface area (Å²) in [6.45, 7) is 2.79. The third-order valence-corrected chi connectivity index (χ3v) is 12.5. The Hall–Kier alpha value is -5.49. The van der Waals surface area contributed by atoms with E-state index in [1.54, 1.807) is 32.6 Å². The summed E-state index contributed by atoms with van der Waals surface area (Å²) in [5.41, 5.74) is 8.33. The van der Waals surface area contributed by atoms with E-state index in [9.17, 15) is 14.4 Å². The van der Waals surface area contributed by atoms with Gasteiger partial charge in [-0.2, -0.15) is 0 Å². The number of esters is 1. The first-order valence-electron chi connectivity index (χ1n) is 19.8. The molecule has 12 heteroatoms. The van der Waals surface area contributed by atoms with E-state index in [0.717, 1.165) is 77.3 Å². The van der Waals surface area contributed by atoms with Crippen molar-refractivity contribution in [1.82, 2.24) is 30.2 Å². The van der Waals surface area contributed by atoms with Gasteiger partial charge in [-0.25, -0.2) is 4.98 Å². The predicted molar refractivity (Wildman–Crippen MR) is 211 cm³/mol. The molecule has 2 amide bonds. The summed E-state index contributed by atoms with van der Waals surface area (Å²) in [6, 6.07) is 16.8. The van der Waals surface area contributed by atoms with E-state index >= 15 is 0 Å². The maximum Gasteiger partial charge on any atom is 0.306 e. The van der Waals surface area contributed by atoms with Crippen LogP contribution in [0.5, 0.6) is 0 Å². The first-order chi connectivity index (χ1) is 27.3. The zero-order chi connectivity index (χ0) is 38.8. The zero-order valence-corrected chi connectivity index (χ0v) is 32.2. The fourth-order valence-electron chi connectivity index (χ4n) is 9.47. The maximum atomic E-state index is 13.7. The number of fused-ring (bicyclic) bond motifs is 2. The summed E-state index contributed by atoms with van der Waals surface area (Å²) in [5.74, 6) is 0.726. The number of aromatic amines is 1. The Morgan fingerprint density at radius 3 is 2.36 bits per heavy atom. The minimum absolute atomic E-state index is 0.0324.